The van der Waals surface area contributed by atoms with Gasteiger partial charge >= 0.3 is 5.97 Å². The summed E-state index contributed by atoms with van der Waals surface area (Å²) in [5, 5.41) is 0.935. The van der Waals surface area contributed by atoms with Crippen LogP contribution in [0.1, 0.15) is 10.4 Å². The number of pyridine rings is 1. The number of halogens is 1. The maximum atomic E-state index is 12.2. The predicted octanol–water partition coefficient (Wildman–Crippen LogP) is 4.22. The first-order valence-electron chi connectivity index (χ1n) is 6.06. The third kappa shape index (κ3) is 2.42. The molecule has 0 saturated carbocycles. The summed E-state index contributed by atoms with van der Waals surface area (Å²) in [7, 11) is 0. The van der Waals surface area contributed by atoms with Crippen molar-refractivity contribution >= 4 is 32.8 Å². The minimum atomic E-state index is -0.407. The number of nitrogens with zero attached hydrogens (tertiary/aromatic N) is 1. The third-order valence-corrected chi connectivity index (χ3v) is 3.58. The van der Waals surface area contributed by atoms with Crippen LogP contribution in [0.3, 0.4) is 0 Å². The van der Waals surface area contributed by atoms with Gasteiger partial charge in [-0.05, 0) is 40.2 Å². The molecule has 2 aromatic carbocycles. The van der Waals surface area contributed by atoms with E-state index in [2.05, 4.69) is 20.9 Å². The molecular weight excluding hydrogens is 318 g/mol. The van der Waals surface area contributed by atoms with Gasteiger partial charge in [-0.3, -0.25) is 4.98 Å². The highest BCUT2D eigenvalue weighted by atomic mass is 79.9. The summed E-state index contributed by atoms with van der Waals surface area (Å²) < 4.78 is 6.17. The number of carbonyl (C=O) groups excluding carboxylic acids is 1. The molecule has 0 amide bonds. The van der Waals surface area contributed by atoms with Crippen molar-refractivity contribution in [2.45, 2.75) is 0 Å². The Kier molecular flexibility index (Phi) is 3.48. The molecule has 3 nitrogen and oxygen atoms in total. The fraction of sp³-hybridized carbons (Fsp3) is 0. The number of aromatic nitrogens is 1. The molecule has 1 heterocycles. The van der Waals surface area contributed by atoms with E-state index in [0.29, 0.717) is 21.3 Å². The average molecular weight is 328 g/mol. The summed E-state index contributed by atoms with van der Waals surface area (Å²) in [6, 6.07) is 16.4. The van der Waals surface area contributed by atoms with Crippen LogP contribution in [0.15, 0.2) is 65.3 Å². The minimum absolute atomic E-state index is 0.407. The van der Waals surface area contributed by atoms with Crippen LogP contribution < -0.4 is 4.74 Å². The highest BCUT2D eigenvalue weighted by molar-refractivity contribution is 9.10. The molecular formula is C16H10BrNO2. The molecule has 20 heavy (non-hydrogen) atoms. The second-order valence-electron chi connectivity index (χ2n) is 4.20. The van der Waals surface area contributed by atoms with Gasteiger partial charge in [0.15, 0.2) is 5.75 Å². The van der Waals surface area contributed by atoms with E-state index < -0.39 is 5.97 Å². The molecule has 0 fully saturated rings. The molecule has 0 radical (unpaired) electrons. The van der Waals surface area contributed by atoms with Crippen LogP contribution >= 0.6 is 15.9 Å². The number of ether oxygens (including phenoxy) is 1. The number of benzene rings is 2. The van der Waals surface area contributed by atoms with Crippen LogP contribution in [0.25, 0.3) is 10.9 Å². The fourth-order valence-corrected chi connectivity index (χ4v) is 2.39. The Morgan fingerprint density at radius 2 is 1.80 bits per heavy atom. The van der Waals surface area contributed by atoms with E-state index in [9.17, 15) is 4.79 Å². The Morgan fingerprint density at radius 1 is 1.00 bits per heavy atom. The zero-order chi connectivity index (χ0) is 13.9. The summed E-state index contributed by atoms with van der Waals surface area (Å²) in [6.45, 7) is 0. The van der Waals surface area contributed by atoms with E-state index in [-0.39, 0.29) is 0 Å². The van der Waals surface area contributed by atoms with Gasteiger partial charge < -0.3 is 4.74 Å². The molecule has 0 saturated heterocycles. The number of hydrogen-bond donors (Lipinski definition) is 0. The van der Waals surface area contributed by atoms with E-state index in [1.165, 1.54) is 0 Å². The Morgan fingerprint density at radius 3 is 2.65 bits per heavy atom. The van der Waals surface area contributed by atoms with Gasteiger partial charge in [0.2, 0.25) is 0 Å². The van der Waals surface area contributed by atoms with E-state index in [4.69, 9.17) is 4.74 Å². The Balaban J connectivity index is 1.98. The van der Waals surface area contributed by atoms with Crippen LogP contribution in [0, 0.1) is 0 Å². The lowest BCUT2D eigenvalue weighted by Gasteiger charge is -2.07. The number of rotatable bonds is 2. The van der Waals surface area contributed by atoms with Gasteiger partial charge in [-0.25, -0.2) is 4.79 Å². The quantitative estimate of drug-likeness (QED) is 0.522. The molecule has 0 bridgehead atoms. The molecule has 0 aliphatic heterocycles. The fourth-order valence-electron chi connectivity index (χ4n) is 1.94. The summed E-state index contributed by atoms with van der Waals surface area (Å²) in [4.78, 5) is 16.5. The minimum Gasteiger partial charge on any atom is -0.421 e. The molecule has 0 aliphatic rings. The van der Waals surface area contributed by atoms with Crippen molar-refractivity contribution in [2.75, 3.05) is 0 Å². The van der Waals surface area contributed by atoms with Crippen molar-refractivity contribution in [3.63, 3.8) is 0 Å². The number of para-hydroxylation sites is 1. The van der Waals surface area contributed by atoms with E-state index >= 15 is 0 Å². The lowest BCUT2D eigenvalue weighted by atomic mass is 10.2. The van der Waals surface area contributed by atoms with Crippen LogP contribution in [0.4, 0.5) is 0 Å². The van der Waals surface area contributed by atoms with Gasteiger partial charge in [0.1, 0.15) is 5.52 Å². The van der Waals surface area contributed by atoms with E-state index in [0.717, 1.165) is 5.39 Å². The summed E-state index contributed by atoms with van der Waals surface area (Å²) >= 11 is 3.34. The molecule has 98 valence electrons. The predicted molar refractivity (Wildman–Crippen MR) is 80.8 cm³/mol. The largest absolute Gasteiger partial charge is 0.421 e. The van der Waals surface area contributed by atoms with Crippen LogP contribution in [-0.2, 0) is 0 Å². The summed E-state index contributed by atoms with van der Waals surface area (Å²) in [5.41, 5.74) is 1.16. The van der Waals surface area contributed by atoms with Crippen molar-refractivity contribution in [3.8, 4) is 5.75 Å². The van der Waals surface area contributed by atoms with E-state index in [1.54, 1.807) is 30.5 Å². The van der Waals surface area contributed by atoms with Crippen molar-refractivity contribution in [3.05, 3.63) is 70.8 Å². The number of hydrogen-bond acceptors (Lipinski definition) is 3. The molecule has 0 N–H and O–H groups in total. The first kappa shape index (κ1) is 12.8. The van der Waals surface area contributed by atoms with Gasteiger partial charge in [-0.2, -0.15) is 0 Å². The lowest BCUT2D eigenvalue weighted by Crippen LogP contribution is -2.09. The second-order valence-corrected chi connectivity index (χ2v) is 5.05. The smallest absolute Gasteiger partial charge is 0.344 e. The van der Waals surface area contributed by atoms with Gasteiger partial charge in [0.25, 0.3) is 0 Å². The zero-order valence-corrected chi connectivity index (χ0v) is 12.0. The normalized spacial score (nSPS) is 10.4. The molecule has 4 heteroatoms. The molecule has 1 aromatic heterocycles. The number of esters is 1. The van der Waals surface area contributed by atoms with Crippen LogP contribution in [0.2, 0.25) is 0 Å². The maximum absolute atomic E-state index is 12.2. The van der Waals surface area contributed by atoms with Crippen molar-refractivity contribution in [1.82, 2.24) is 4.98 Å². The third-order valence-electron chi connectivity index (χ3n) is 2.89. The van der Waals surface area contributed by atoms with Gasteiger partial charge in [0.05, 0.1) is 5.56 Å². The molecule has 0 spiro atoms. The van der Waals surface area contributed by atoms with Crippen LogP contribution in [-0.4, -0.2) is 11.0 Å². The molecule has 3 rings (SSSR count). The first-order chi connectivity index (χ1) is 9.75. The van der Waals surface area contributed by atoms with Crippen molar-refractivity contribution in [1.29, 1.82) is 0 Å². The zero-order valence-electron chi connectivity index (χ0n) is 10.4. The second kappa shape index (κ2) is 5.43. The van der Waals surface area contributed by atoms with Gasteiger partial charge in [-0.15, -0.1) is 0 Å². The molecule has 0 atom stereocenters. The van der Waals surface area contributed by atoms with Gasteiger partial charge in [0, 0.05) is 16.1 Å². The highest BCUT2D eigenvalue weighted by Gasteiger charge is 2.13. The first-order valence-corrected chi connectivity index (χ1v) is 6.85. The molecule has 0 unspecified atom stereocenters. The lowest BCUT2D eigenvalue weighted by molar-refractivity contribution is 0.0736. The summed E-state index contributed by atoms with van der Waals surface area (Å²) in [6.07, 6.45) is 1.68. The SMILES string of the molecule is O=C(Oc1cccc2cccnc12)c1ccccc1Br. The summed E-state index contributed by atoms with van der Waals surface area (Å²) in [5.74, 6) is 0.0551. The monoisotopic (exact) mass is 327 g/mol. The Labute approximate surface area is 124 Å². The number of fused-ring (bicyclic) bond motifs is 1. The van der Waals surface area contributed by atoms with Crippen LogP contribution in [0.5, 0.6) is 5.75 Å². The Hall–Kier alpha value is -2.20. The topological polar surface area (TPSA) is 39.2 Å². The standard InChI is InChI=1S/C16H10BrNO2/c17-13-8-2-1-7-12(13)16(19)20-14-9-3-5-11-6-4-10-18-15(11)14/h1-10H. The Bertz CT molecular complexity index is 781. The maximum Gasteiger partial charge on any atom is 0.344 e. The highest BCUT2D eigenvalue weighted by Crippen LogP contribution is 2.25. The average Bonchev–Trinajstić information content (AvgIpc) is 2.48. The molecule has 0 aliphatic carbocycles. The molecule has 3 aromatic rings. The van der Waals surface area contributed by atoms with E-state index in [1.807, 2.05) is 30.3 Å². The van der Waals surface area contributed by atoms with Crippen molar-refractivity contribution < 1.29 is 9.53 Å². The van der Waals surface area contributed by atoms with Gasteiger partial charge in [-0.1, -0.05) is 30.3 Å². The number of carbonyl (C=O) groups is 1. The van der Waals surface area contributed by atoms with Crippen molar-refractivity contribution in [2.24, 2.45) is 0 Å².